The highest BCUT2D eigenvalue weighted by Crippen LogP contribution is 2.43. The van der Waals surface area contributed by atoms with Gasteiger partial charge in [0.15, 0.2) is 0 Å². The van der Waals surface area contributed by atoms with Crippen molar-refractivity contribution in [2.75, 3.05) is 12.0 Å². The molecule has 3 aromatic rings. The summed E-state index contributed by atoms with van der Waals surface area (Å²) in [4.78, 5) is 27.3. The molecule has 152 valence electrons. The number of furan rings is 1. The molecule has 2 aromatic carbocycles. The van der Waals surface area contributed by atoms with E-state index >= 15 is 0 Å². The standard InChI is InChI=1S/C23H18ClNO5/c1-13-9-10-18(30-13)20-19(21(26)14-5-3-8-17(11-14)29-2)22(27)23(28)25(20)16-7-4-6-15(24)12-16/h3-12,20,26H,1-2H3/b21-19-. The van der Waals surface area contributed by atoms with Crippen LogP contribution >= 0.6 is 11.6 Å². The molecule has 1 aromatic heterocycles. The van der Waals surface area contributed by atoms with Crippen LogP contribution in [0.1, 0.15) is 23.1 Å². The van der Waals surface area contributed by atoms with Crippen LogP contribution in [-0.2, 0) is 9.59 Å². The topological polar surface area (TPSA) is 80.0 Å². The van der Waals surface area contributed by atoms with Crippen LogP contribution in [0.4, 0.5) is 5.69 Å². The molecule has 1 N–H and O–H groups in total. The molecule has 1 aliphatic rings. The second-order valence-electron chi connectivity index (χ2n) is 6.83. The molecule has 0 bridgehead atoms. The van der Waals surface area contributed by atoms with Gasteiger partial charge >= 0.3 is 0 Å². The van der Waals surface area contributed by atoms with Crippen molar-refractivity contribution < 1.29 is 23.8 Å². The monoisotopic (exact) mass is 423 g/mol. The molecule has 0 spiro atoms. The van der Waals surface area contributed by atoms with Gasteiger partial charge in [-0.25, -0.2) is 0 Å². The zero-order valence-electron chi connectivity index (χ0n) is 16.3. The van der Waals surface area contributed by atoms with E-state index in [1.165, 1.54) is 12.0 Å². The minimum Gasteiger partial charge on any atom is -0.507 e. The molecular formula is C23H18ClNO5. The number of ether oxygens (including phenoxy) is 1. The highest BCUT2D eigenvalue weighted by Gasteiger charge is 2.48. The van der Waals surface area contributed by atoms with Gasteiger partial charge in [0.05, 0.1) is 12.7 Å². The minimum absolute atomic E-state index is 0.0671. The maximum atomic E-state index is 13.0. The summed E-state index contributed by atoms with van der Waals surface area (Å²) in [6.45, 7) is 1.76. The molecule has 30 heavy (non-hydrogen) atoms. The molecule has 1 unspecified atom stereocenters. The summed E-state index contributed by atoms with van der Waals surface area (Å²) in [6.07, 6.45) is 0. The lowest BCUT2D eigenvalue weighted by Crippen LogP contribution is -2.29. The number of rotatable bonds is 4. The first kappa shape index (κ1) is 19.8. The number of aryl methyl sites for hydroxylation is 1. The van der Waals surface area contributed by atoms with Crippen LogP contribution in [0.2, 0.25) is 5.02 Å². The Hall–Kier alpha value is -3.51. The molecule has 0 radical (unpaired) electrons. The Morgan fingerprint density at radius 2 is 1.87 bits per heavy atom. The van der Waals surface area contributed by atoms with Crippen molar-refractivity contribution in [1.29, 1.82) is 0 Å². The van der Waals surface area contributed by atoms with Crippen molar-refractivity contribution in [1.82, 2.24) is 0 Å². The number of amides is 1. The number of anilines is 1. The molecular weight excluding hydrogens is 406 g/mol. The number of aliphatic hydroxyl groups excluding tert-OH is 1. The van der Waals surface area contributed by atoms with E-state index in [-0.39, 0.29) is 11.3 Å². The van der Waals surface area contributed by atoms with Crippen LogP contribution in [0, 0.1) is 6.92 Å². The van der Waals surface area contributed by atoms with Crippen molar-refractivity contribution in [3.63, 3.8) is 0 Å². The third-order valence-corrected chi connectivity index (χ3v) is 5.14. The largest absolute Gasteiger partial charge is 0.507 e. The predicted molar refractivity (Wildman–Crippen MR) is 113 cm³/mol. The van der Waals surface area contributed by atoms with Gasteiger partial charge in [-0.05, 0) is 49.4 Å². The van der Waals surface area contributed by atoms with Gasteiger partial charge in [0.25, 0.3) is 11.7 Å². The van der Waals surface area contributed by atoms with Crippen LogP contribution in [-0.4, -0.2) is 23.9 Å². The van der Waals surface area contributed by atoms with Gasteiger partial charge in [-0.3, -0.25) is 14.5 Å². The number of nitrogens with zero attached hydrogens (tertiary/aromatic N) is 1. The fourth-order valence-electron chi connectivity index (χ4n) is 3.52. The quantitative estimate of drug-likeness (QED) is 0.367. The SMILES string of the molecule is COc1cccc(/C(O)=C2/C(=O)C(=O)N(c3cccc(Cl)c3)C2c2ccc(C)o2)c1. The van der Waals surface area contributed by atoms with E-state index in [0.717, 1.165) is 0 Å². The summed E-state index contributed by atoms with van der Waals surface area (Å²) in [7, 11) is 1.50. The van der Waals surface area contributed by atoms with E-state index in [4.69, 9.17) is 20.8 Å². The summed E-state index contributed by atoms with van der Waals surface area (Å²) in [5, 5.41) is 11.5. The summed E-state index contributed by atoms with van der Waals surface area (Å²) in [5.74, 6) is -0.418. The second kappa shape index (κ2) is 7.72. The molecule has 1 aliphatic heterocycles. The van der Waals surface area contributed by atoms with E-state index in [9.17, 15) is 14.7 Å². The Morgan fingerprint density at radius 3 is 2.53 bits per heavy atom. The molecule has 1 amide bonds. The Bertz CT molecular complexity index is 1180. The number of Topliss-reactive ketones (excluding diaryl/α,β-unsaturated/α-hetero) is 1. The molecule has 0 aliphatic carbocycles. The van der Waals surface area contributed by atoms with Gasteiger partial charge in [0.1, 0.15) is 29.1 Å². The van der Waals surface area contributed by atoms with Crippen molar-refractivity contribution in [2.24, 2.45) is 0 Å². The summed E-state index contributed by atoms with van der Waals surface area (Å²) in [5.41, 5.74) is 0.711. The van der Waals surface area contributed by atoms with Crippen molar-refractivity contribution in [3.05, 3.63) is 88.3 Å². The molecule has 2 heterocycles. The molecule has 1 atom stereocenters. The second-order valence-corrected chi connectivity index (χ2v) is 7.27. The maximum Gasteiger partial charge on any atom is 0.300 e. The summed E-state index contributed by atoms with van der Waals surface area (Å²) < 4.78 is 11.0. The highest BCUT2D eigenvalue weighted by molar-refractivity contribution is 6.51. The van der Waals surface area contributed by atoms with Gasteiger partial charge < -0.3 is 14.3 Å². The number of methoxy groups -OCH3 is 1. The number of carbonyl (C=O) groups is 2. The highest BCUT2D eigenvalue weighted by atomic mass is 35.5. The Balaban J connectivity index is 1.94. The number of benzene rings is 2. The number of ketones is 1. The fraction of sp³-hybridized carbons (Fsp3) is 0.130. The van der Waals surface area contributed by atoms with Gasteiger partial charge in [-0.15, -0.1) is 0 Å². The Morgan fingerprint density at radius 1 is 1.10 bits per heavy atom. The van der Waals surface area contributed by atoms with Crippen molar-refractivity contribution in [2.45, 2.75) is 13.0 Å². The molecule has 1 fully saturated rings. The first-order valence-electron chi connectivity index (χ1n) is 9.18. The maximum absolute atomic E-state index is 13.0. The Labute approximate surface area is 177 Å². The number of carbonyl (C=O) groups excluding carboxylic acids is 2. The van der Waals surface area contributed by atoms with Crippen LogP contribution in [0.3, 0.4) is 0 Å². The Kier molecular flexibility index (Phi) is 5.10. The average Bonchev–Trinajstić information content (AvgIpc) is 3.28. The average molecular weight is 424 g/mol. The lowest BCUT2D eigenvalue weighted by molar-refractivity contribution is -0.132. The number of aliphatic hydroxyl groups is 1. The summed E-state index contributed by atoms with van der Waals surface area (Å²) >= 11 is 6.11. The van der Waals surface area contributed by atoms with Crippen LogP contribution in [0.5, 0.6) is 5.75 Å². The lowest BCUT2D eigenvalue weighted by atomic mass is 9.99. The van der Waals surface area contributed by atoms with E-state index in [1.807, 2.05) is 0 Å². The molecule has 4 rings (SSSR count). The van der Waals surface area contributed by atoms with Gasteiger partial charge in [0, 0.05) is 16.3 Å². The van der Waals surface area contributed by atoms with Gasteiger partial charge in [-0.2, -0.15) is 0 Å². The third kappa shape index (κ3) is 3.35. The zero-order valence-corrected chi connectivity index (χ0v) is 17.0. The van der Waals surface area contributed by atoms with E-state index < -0.39 is 17.7 Å². The molecule has 7 heteroatoms. The predicted octanol–water partition coefficient (Wildman–Crippen LogP) is 4.88. The number of hydrogen-bond acceptors (Lipinski definition) is 5. The first-order valence-corrected chi connectivity index (χ1v) is 9.56. The minimum atomic E-state index is -0.941. The van der Waals surface area contributed by atoms with Crippen LogP contribution < -0.4 is 9.64 Å². The van der Waals surface area contributed by atoms with Crippen molar-refractivity contribution >= 4 is 34.7 Å². The summed E-state index contributed by atoms with van der Waals surface area (Å²) in [6, 6.07) is 15.7. The smallest absolute Gasteiger partial charge is 0.300 e. The van der Waals surface area contributed by atoms with E-state index in [2.05, 4.69) is 0 Å². The van der Waals surface area contributed by atoms with E-state index in [1.54, 1.807) is 67.6 Å². The zero-order chi connectivity index (χ0) is 21.4. The normalized spacial score (nSPS) is 18.1. The third-order valence-electron chi connectivity index (χ3n) is 4.90. The number of hydrogen-bond donors (Lipinski definition) is 1. The van der Waals surface area contributed by atoms with Crippen LogP contribution in [0.25, 0.3) is 5.76 Å². The molecule has 0 saturated carbocycles. The van der Waals surface area contributed by atoms with Gasteiger partial charge in [0.2, 0.25) is 0 Å². The first-order chi connectivity index (χ1) is 14.4. The van der Waals surface area contributed by atoms with Crippen molar-refractivity contribution in [3.8, 4) is 5.75 Å². The van der Waals surface area contributed by atoms with Gasteiger partial charge in [-0.1, -0.05) is 29.8 Å². The molecule has 6 nitrogen and oxygen atoms in total. The fourth-order valence-corrected chi connectivity index (χ4v) is 3.70. The number of halogens is 1. The van der Waals surface area contributed by atoms with E-state index in [0.29, 0.717) is 33.5 Å². The lowest BCUT2D eigenvalue weighted by Gasteiger charge is -2.23. The van der Waals surface area contributed by atoms with Crippen LogP contribution in [0.15, 0.2) is 70.7 Å². The molecule has 1 saturated heterocycles.